The van der Waals surface area contributed by atoms with Crippen LogP contribution in [0.3, 0.4) is 0 Å². The van der Waals surface area contributed by atoms with Crippen molar-refractivity contribution in [1.82, 2.24) is 10.1 Å². The van der Waals surface area contributed by atoms with Crippen LogP contribution in [0.2, 0.25) is 5.02 Å². The zero-order valence-corrected chi connectivity index (χ0v) is 16.0. The Kier molecular flexibility index (Phi) is 4.82. The van der Waals surface area contributed by atoms with Crippen molar-refractivity contribution in [3.63, 3.8) is 0 Å². The molecular formula is C20H15ClF3N3O2. The summed E-state index contributed by atoms with van der Waals surface area (Å²) in [6.07, 6.45) is -4.22. The summed E-state index contributed by atoms with van der Waals surface area (Å²) in [6, 6.07) is 9.88. The van der Waals surface area contributed by atoms with Crippen LogP contribution in [0, 0.1) is 6.92 Å². The maximum atomic E-state index is 12.7. The lowest BCUT2D eigenvalue weighted by atomic mass is 10.1. The first kappa shape index (κ1) is 19.4. The Labute approximate surface area is 169 Å². The molecule has 1 aromatic heterocycles. The molecule has 1 fully saturated rings. The van der Waals surface area contributed by atoms with Crippen LogP contribution in [0.15, 0.2) is 47.0 Å². The monoisotopic (exact) mass is 421 g/mol. The molecule has 1 unspecified atom stereocenters. The second-order valence-corrected chi connectivity index (χ2v) is 7.25. The lowest BCUT2D eigenvalue weighted by molar-refractivity contribution is -0.137. The van der Waals surface area contributed by atoms with E-state index in [9.17, 15) is 18.0 Å². The van der Waals surface area contributed by atoms with Crippen LogP contribution in [0.1, 0.15) is 29.3 Å². The average Bonchev–Trinajstić information content (AvgIpc) is 3.29. The van der Waals surface area contributed by atoms with Gasteiger partial charge in [0.2, 0.25) is 5.91 Å². The fourth-order valence-corrected chi connectivity index (χ4v) is 3.71. The van der Waals surface area contributed by atoms with Crippen LogP contribution in [0.25, 0.3) is 11.5 Å². The molecular weight excluding hydrogens is 407 g/mol. The Bertz CT molecular complexity index is 1040. The summed E-state index contributed by atoms with van der Waals surface area (Å²) < 4.78 is 43.3. The van der Waals surface area contributed by atoms with E-state index >= 15 is 0 Å². The lowest BCUT2D eigenvalue weighted by Gasteiger charge is -2.20. The van der Waals surface area contributed by atoms with Gasteiger partial charge in [-0.1, -0.05) is 28.9 Å². The Balaban J connectivity index is 1.55. The third-order valence-corrected chi connectivity index (χ3v) is 5.15. The topological polar surface area (TPSA) is 59.2 Å². The van der Waals surface area contributed by atoms with Crippen molar-refractivity contribution in [2.75, 3.05) is 11.4 Å². The summed E-state index contributed by atoms with van der Waals surface area (Å²) in [5.41, 5.74) is 1.16. The number of nitrogens with zero attached hydrogens (tertiary/aromatic N) is 3. The number of aryl methyl sites for hydroxylation is 1. The highest BCUT2D eigenvalue weighted by atomic mass is 35.5. The first-order chi connectivity index (χ1) is 13.7. The Morgan fingerprint density at radius 3 is 2.55 bits per heavy atom. The fraction of sp³-hybridized carbons (Fsp3) is 0.250. The molecule has 1 amide bonds. The van der Waals surface area contributed by atoms with E-state index in [0.29, 0.717) is 28.6 Å². The second-order valence-electron chi connectivity index (χ2n) is 6.84. The van der Waals surface area contributed by atoms with Gasteiger partial charge in [0, 0.05) is 24.4 Å². The van der Waals surface area contributed by atoms with E-state index in [1.807, 2.05) is 19.1 Å². The minimum absolute atomic E-state index is 0.105. The molecule has 0 spiro atoms. The smallest absolute Gasteiger partial charge is 0.334 e. The van der Waals surface area contributed by atoms with Crippen LogP contribution in [-0.2, 0) is 11.0 Å². The summed E-state index contributed by atoms with van der Waals surface area (Å²) in [5.74, 6) is 0.0335. The van der Waals surface area contributed by atoms with Crippen LogP contribution in [0.5, 0.6) is 0 Å². The Hall–Kier alpha value is -2.87. The SMILES string of the molecule is Cc1cccc(Cl)c1N1CC(c2noc(-c3ccc(C(F)(F)F)cc3)n2)CC1=O. The number of halogens is 4. The Morgan fingerprint density at radius 1 is 1.17 bits per heavy atom. The van der Waals surface area contributed by atoms with E-state index in [-0.39, 0.29) is 24.1 Å². The fourth-order valence-electron chi connectivity index (χ4n) is 3.38. The molecule has 5 nitrogen and oxygen atoms in total. The van der Waals surface area contributed by atoms with Crippen LogP contribution in [0.4, 0.5) is 18.9 Å². The van der Waals surface area contributed by atoms with Crippen molar-refractivity contribution in [1.29, 1.82) is 0 Å². The molecule has 1 saturated heterocycles. The quantitative estimate of drug-likeness (QED) is 0.580. The van der Waals surface area contributed by atoms with Gasteiger partial charge in [0.05, 0.1) is 16.3 Å². The second kappa shape index (κ2) is 7.18. The van der Waals surface area contributed by atoms with Crippen molar-refractivity contribution in [2.24, 2.45) is 0 Å². The van der Waals surface area contributed by atoms with Gasteiger partial charge in [-0.3, -0.25) is 4.79 Å². The van der Waals surface area contributed by atoms with Gasteiger partial charge in [-0.2, -0.15) is 18.2 Å². The van der Waals surface area contributed by atoms with E-state index in [2.05, 4.69) is 10.1 Å². The Morgan fingerprint density at radius 2 is 1.90 bits per heavy atom. The molecule has 3 aromatic rings. The predicted octanol–water partition coefficient (Wildman–Crippen LogP) is 5.24. The molecule has 0 N–H and O–H groups in total. The molecule has 0 saturated carbocycles. The van der Waals surface area contributed by atoms with Gasteiger partial charge >= 0.3 is 6.18 Å². The summed E-state index contributed by atoms with van der Waals surface area (Å²) >= 11 is 6.27. The van der Waals surface area contributed by atoms with E-state index < -0.39 is 11.7 Å². The van der Waals surface area contributed by atoms with Gasteiger partial charge in [0.1, 0.15) is 0 Å². The number of hydrogen-bond donors (Lipinski definition) is 0. The molecule has 1 aliphatic heterocycles. The average molecular weight is 422 g/mol. The van der Waals surface area contributed by atoms with Crippen molar-refractivity contribution in [2.45, 2.75) is 25.4 Å². The number of para-hydroxylation sites is 1. The van der Waals surface area contributed by atoms with Crippen molar-refractivity contribution in [3.8, 4) is 11.5 Å². The van der Waals surface area contributed by atoms with Crippen LogP contribution < -0.4 is 4.90 Å². The standard InChI is InChI=1S/C20H15ClF3N3O2/c1-11-3-2-4-15(21)17(11)27-10-13(9-16(27)28)18-25-19(29-26-18)12-5-7-14(8-6-12)20(22,23)24/h2-8,13H,9-10H2,1H3. The molecule has 1 aliphatic rings. The minimum atomic E-state index is -4.41. The number of carbonyl (C=O) groups excluding carboxylic acids is 1. The number of carbonyl (C=O) groups is 1. The zero-order valence-electron chi connectivity index (χ0n) is 15.2. The summed E-state index contributed by atoms with van der Waals surface area (Å²) in [6.45, 7) is 2.22. The normalized spacial score (nSPS) is 17.2. The number of anilines is 1. The van der Waals surface area contributed by atoms with Crippen molar-refractivity contribution < 1.29 is 22.5 Å². The molecule has 0 aliphatic carbocycles. The third kappa shape index (κ3) is 3.72. The lowest BCUT2D eigenvalue weighted by Crippen LogP contribution is -2.25. The highest BCUT2D eigenvalue weighted by Gasteiger charge is 2.36. The number of rotatable bonds is 3. The van der Waals surface area contributed by atoms with Gasteiger partial charge < -0.3 is 9.42 Å². The van der Waals surface area contributed by atoms with Gasteiger partial charge in [-0.25, -0.2) is 0 Å². The zero-order chi connectivity index (χ0) is 20.8. The van der Waals surface area contributed by atoms with E-state index in [4.69, 9.17) is 16.1 Å². The van der Waals surface area contributed by atoms with Crippen LogP contribution >= 0.6 is 11.6 Å². The molecule has 9 heteroatoms. The molecule has 0 radical (unpaired) electrons. The van der Waals surface area contributed by atoms with E-state index in [1.54, 1.807) is 11.0 Å². The largest absolute Gasteiger partial charge is 0.416 e. The van der Waals surface area contributed by atoms with Gasteiger partial charge in [0.25, 0.3) is 5.89 Å². The molecule has 2 heterocycles. The van der Waals surface area contributed by atoms with E-state index in [0.717, 1.165) is 17.7 Å². The number of aromatic nitrogens is 2. The molecule has 0 bridgehead atoms. The molecule has 29 heavy (non-hydrogen) atoms. The maximum absolute atomic E-state index is 12.7. The number of hydrogen-bond acceptors (Lipinski definition) is 4. The summed E-state index contributed by atoms with van der Waals surface area (Å²) in [4.78, 5) is 18.4. The van der Waals surface area contributed by atoms with Gasteiger partial charge in [-0.05, 0) is 42.8 Å². The number of alkyl halides is 3. The van der Waals surface area contributed by atoms with Crippen LogP contribution in [-0.4, -0.2) is 22.6 Å². The van der Waals surface area contributed by atoms with Gasteiger partial charge in [-0.15, -0.1) is 0 Å². The van der Waals surface area contributed by atoms with Crippen molar-refractivity contribution >= 4 is 23.2 Å². The molecule has 1 atom stereocenters. The number of amides is 1. The number of benzene rings is 2. The van der Waals surface area contributed by atoms with Gasteiger partial charge in [0.15, 0.2) is 5.82 Å². The predicted molar refractivity (Wildman–Crippen MR) is 101 cm³/mol. The molecule has 4 rings (SSSR count). The first-order valence-electron chi connectivity index (χ1n) is 8.81. The first-order valence-corrected chi connectivity index (χ1v) is 9.18. The molecule has 150 valence electrons. The summed E-state index contributed by atoms with van der Waals surface area (Å²) in [5, 5.41) is 4.42. The highest BCUT2D eigenvalue weighted by molar-refractivity contribution is 6.34. The molecule has 2 aromatic carbocycles. The summed E-state index contributed by atoms with van der Waals surface area (Å²) in [7, 11) is 0. The van der Waals surface area contributed by atoms with Crippen molar-refractivity contribution in [3.05, 3.63) is 64.4 Å². The highest BCUT2D eigenvalue weighted by Crippen LogP contribution is 2.37. The third-order valence-electron chi connectivity index (χ3n) is 4.85. The minimum Gasteiger partial charge on any atom is -0.334 e. The maximum Gasteiger partial charge on any atom is 0.416 e. The van der Waals surface area contributed by atoms with E-state index in [1.165, 1.54) is 12.1 Å².